The molecule has 12 heteroatoms. The Kier molecular flexibility index (Phi) is 26.4. The highest BCUT2D eigenvalue weighted by Gasteiger charge is 2.40. The summed E-state index contributed by atoms with van der Waals surface area (Å²) in [6, 6.07) is 8.30. The van der Waals surface area contributed by atoms with Crippen LogP contribution in [-0.4, -0.2) is 70.1 Å². The van der Waals surface area contributed by atoms with Gasteiger partial charge in [0.05, 0.1) is 39.6 Å². The Morgan fingerprint density at radius 3 is 1.90 bits per heavy atom. The van der Waals surface area contributed by atoms with Gasteiger partial charge in [0, 0.05) is 43.9 Å². The van der Waals surface area contributed by atoms with Crippen molar-refractivity contribution in [3.05, 3.63) is 36.7 Å². The fourth-order valence-corrected chi connectivity index (χ4v) is 3.36. The Labute approximate surface area is 239 Å². The average Bonchev–Trinajstić information content (AvgIpc) is 2.94. The molecular formula is C28H57F3N7O2+3. The van der Waals surface area contributed by atoms with E-state index in [-0.39, 0.29) is 0 Å². The van der Waals surface area contributed by atoms with Gasteiger partial charge >= 0.3 is 12.1 Å². The Morgan fingerprint density at radius 2 is 1.50 bits per heavy atom. The number of hydrogen-bond donors (Lipinski definition) is 5. The number of nitrogens with two attached hydrogens (primary N) is 3. The minimum atomic E-state index is -4.85. The zero-order valence-electron chi connectivity index (χ0n) is 25.1. The number of esters is 1. The number of carbonyl (C=O) groups is 1. The smallest absolute Gasteiger partial charge is 0.462 e. The van der Waals surface area contributed by atoms with Crippen molar-refractivity contribution in [3.8, 4) is 0 Å². The molecule has 0 aliphatic heterocycles. The van der Waals surface area contributed by atoms with E-state index < -0.39 is 12.1 Å². The molecule has 1 aromatic carbocycles. The number of carbonyl (C=O) groups excluding carboxylic acids is 1. The van der Waals surface area contributed by atoms with Crippen LogP contribution in [0.4, 0.5) is 24.5 Å². The molecule has 0 saturated heterocycles. The molecule has 1 rings (SSSR count). The van der Waals surface area contributed by atoms with Gasteiger partial charge in [0.15, 0.2) is 0 Å². The quantitative estimate of drug-likeness (QED) is 0.0770. The lowest BCUT2D eigenvalue weighted by atomic mass is 10.2. The molecule has 234 valence electrons. The van der Waals surface area contributed by atoms with Gasteiger partial charge in [-0.2, -0.15) is 13.2 Å². The van der Waals surface area contributed by atoms with Crippen molar-refractivity contribution < 1.29 is 39.5 Å². The van der Waals surface area contributed by atoms with Crippen molar-refractivity contribution in [2.75, 3.05) is 63.7 Å². The zero-order valence-corrected chi connectivity index (χ0v) is 25.1. The van der Waals surface area contributed by atoms with Crippen molar-refractivity contribution in [2.24, 2.45) is 5.73 Å². The van der Waals surface area contributed by atoms with Gasteiger partial charge in [0.1, 0.15) is 6.20 Å². The number of unbranched alkanes of at least 4 members (excludes halogenated alkanes) is 4. The number of hydrogen-bond acceptors (Lipinski definition) is 6. The Balaban J connectivity index is 0. The highest BCUT2D eigenvalue weighted by Crippen LogP contribution is 2.18. The fourth-order valence-electron chi connectivity index (χ4n) is 3.36. The molecule has 12 N–H and O–H groups in total. The van der Waals surface area contributed by atoms with Gasteiger partial charge in [-0.25, -0.2) is 4.79 Å². The highest BCUT2D eigenvalue weighted by molar-refractivity contribution is 5.75. The average molecular weight is 581 g/mol. The van der Waals surface area contributed by atoms with Crippen molar-refractivity contribution in [2.45, 2.75) is 71.4 Å². The summed E-state index contributed by atoms with van der Waals surface area (Å²) >= 11 is 0. The van der Waals surface area contributed by atoms with Crippen LogP contribution in [0.25, 0.3) is 0 Å². The minimum Gasteiger partial charge on any atom is -0.462 e. The molecule has 9 nitrogen and oxygen atoms in total. The number of benzene rings is 1. The van der Waals surface area contributed by atoms with Gasteiger partial charge in [-0.15, -0.1) is 0 Å². The molecule has 0 unspecified atom stereocenters. The zero-order chi connectivity index (χ0) is 30.7. The van der Waals surface area contributed by atoms with Crippen LogP contribution >= 0.6 is 0 Å². The Morgan fingerprint density at radius 1 is 0.950 bits per heavy atom. The predicted octanol–water partition coefficient (Wildman–Crippen LogP) is 1.68. The van der Waals surface area contributed by atoms with E-state index in [0.29, 0.717) is 13.8 Å². The fraction of sp³-hybridized carbons (Fsp3) is 0.679. The third-order valence-electron chi connectivity index (χ3n) is 5.72. The van der Waals surface area contributed by atoms with Gasteiger partial charge in [-0.3, -0.25) is 0 Å². The third kappa shape index (κ3) is 23.4. The molecule has 0 spiro atoms. The third-order valence-corrected chi connectivity index (χ3v) is 5.72. The molecule has 0 saturated carbocycles. The Bertz CT molecular complexity index is 726. The van der Waals surface area contributed by atoms with E-state index >= 15 is 0 Å². The van der Waals surface area contributed by atoms with Crippen molar-refractivity contribution in [1.82, 2.24) is 4.90 Å². The Hall–Kier alpha value is -2.54. The summed E-state index contributed by atoms with van der Waals surface area (Å²) in [6.07, 6.45) is 9.30. The number of alkyl halides is 3. The molecule has 1 aromatic rings. The van der Waals surface area contributed by atoms with E-state index in [1.807, 2.05) is 12.1 Å². The van der Waals surface area contributed by atoms with Crippen LogP contribution in [0.3, 0.4) is 0 Å². The second-order valence-electron chi connectivity index (χ2n) is 9.26. The first-order chi connectivity index (χ1) is 19.1. The van der Waals surface area contributed by atoms with Crippen LogP contribution in [0.15, 0.2) is 36.7 Å². The molecule has 0 radical (unpaired) electrons. The van der Waals surface area contributed by atoms with Crippen molar-refractivity contribution in [1.29, 1.82) is 0 Å². The van der Waals surface area contributed by atoms with Gasteiger partial charge in [0.2, 0.25) is 0 Å². The van der Waals surface area contributed by atoms with E-state index in [0.717, 1.165) is 44.7 Å². The number of methoxy groups -OCH3 is 1. The number of ether oxygens (including phenoxy) is 1. The second-order valence-corrected chi connectivity index (χ2v) is 9.26. The van der Waals surface area contributed by atoms with Gasteiger partial charge in [-0.05, 0) is 37.1 Å². The van der Waals surface area contributed by atoms with Gasteiger partial charge in [0.25, 0.3) is 0 Å². The van der Waals surface area contributed by atoms with Crippen molar-refractivity contribution in [3.63, 3.8) is 0 Å². The van der Waals surface area contributed by atoms with Crippen LogP contribution in [-0.2, 0) is 9.53 Å². The lowest BCUT2D eigenvalue weighted by molar-refractivity contribution is -0.592. The molecule has 0 heterocycles. The lowest BCUT2D eigenvalue weighted by Crippen LogP contribution is -2.79. The number of halogens is 3. The largest absolute Gasteiger partial charge is 0.490 e. The van der Waals surface area contributed by atoms with E-state index in [1.165, 1.54) is 57.3 Å². The summed E-state index contributed by atoms with van der Waals surface area (Å²) in [5, 5.41) is 2.16. The van der Waals surface area contributed by atoms with Crippen LogP contribution in [0.5, 0.6) is 0 Å². The summed E-state index contributed by atoms with van der Waals surface area (Å²) in [5.41, 5.74) is 21.1. The molecular weight excluding hydrogens is 523 g/mol. The van der Waals surface area contributed by atoms with Gasteiger partial charge in [-0.1, -0.05) is 39.5 Å². The van der Waals surface area contributed by atoms with E-state index in [2.05, 4.69) is 69.7 Å². The van der Waals surface area contributed by atoms with E-state index in [4.69, 9.17) is 11.5 Å². The molecule has 0 bridgehead atoms. The molecule has 0 fully saturated rings. The monoisotopic (exact) mass is 580 g/mol. The maximum atomic E-state index is 11.0. The SMILES string of the molecule is CCCCCN(CCCCC)c1ccc(N)cc1.COC(=O)C(F)(F)F.NCN(/C=C\[NH2+]CCC[NH3+])CCC[NH3+]. The number of nitrogen functional groups attached to an aromatic ring is 1. The summed E-state index contributed by atoms with van der Waals surface area (Å²) in [6.45, 7) is 11.5. The van der Waals surface area contributed by atoms with Crippen LogP contribution in [0, 0.1) is 0 Å². The molecule has 0 aliphatic rings. The molecule has 0 atom stereocenters. The summed E-state index contributed by atoms with van der Waals surface area (Å²) in [7, 11) is 0.676. The topological polar surface area (TPSA) is 157 Å². The first kappa shape index (κ1) is 39.6. The summed E-state index contributed by atoms with van der Waals surface area (Å²) < 4.78 is 36.3. The van der Waals surface area contributed by atoms with Gasteiger partial charge < -0.3 is 42.8 Å². The summed E-state index contributed by atoms with van der Waals surface area (Å²) in [5.74, 6) is -2.17. The molecule has 0 aliphatic carbocycles. The lowest BCUT2D eigenvalue weighted by Gasteiger charge is -2.25. The summed E-state index contributed by atoms with van der Waals surface area (Å²) in [4.78, 5) is 14.1. The number of nitrogens with zero attached hydrogens (tertiary/aromatic N) is 2. The minimum absolute atomic E-state index is 0.583. The number of quaternary nitrogens is 3. The first-order valence-corrected chi connectivity index (χ1v) is 14.4. The van der Waals surface area contributed by atoms with Crippen molar-refractivity contribution >= 4 is 17.3 Å². The second kappa shape index (κ2) is 26.7. The normalized spacial score (nSPS) is 10.8. The molecule has 0 amide bonds. The maximum Gasteiger partial charge on any atom is 0.490 e. The van der Waals surface area contributed by atoms with Crippen LogP contribution in [0.1, 0.15) is 65.2 Å². The first-order valence-electron chi connectivity index (χ1n) is 14.4. The molecule has 40 heavy (non-hydrogen) atoms. The highest BCUT2D eigenvalue weighted by atomic mass is 19.4. The van der Waals surface area contributed by atoms with E-state index in [9.17, 15) is 18.0 Å². The number of anilines is 2. The molecule has 0 aromatic heterocycles. The predicted molar refractivity (Wildman–Crippen MR) is 157 cm³/mol. The van der Waals surface area contributed by atoms with E-state index in [1.54, 1.807) is 0 Å². The van der Waals surface area contributed by atoms with Crippen LogP contribution < -0.4 is 33.2 Å². The maximum absolute atomic E-state index is 11.0. The standard InChI is InChI=1S/C16H28N2.C9H23N5.C3H3F3O2/c1-3-5-7-13-18(14-8-6-4-2)16-11-9-15(17)10-12-16;10-3-1-5-13-6-8-14(9-12)7-2-4-11;1-8-2(7)3(4,5)6/h9-12H,3-8,13-14,17H2,1-2H3;6,8,13H,1-5,7,9-12H2;1H3/p+3/b;8-6-;. The number of rotatable bonds is 18. The van der Waals surface area contributed by atoms with Crippen LogP contribution in [0.2, 0.25) is 0 Å².